The van der Waals surface area contributed by atoms with Gasteiger partial charge in [-0.3, -0.25) is 4.79 Å². The average molecular weight is 371 g/mol. The quantitative estimate of drug-likeness (QED) is 0.643. The number of benzene rings is 2. The van der Waals surface area contributed by atoms with Crippen LogP contribution in [0.15, 0.2) is 53.4 Å². The van der Waals surface area contributed by atoms with Gasteiger partial charge in [-0.1, -0.05) is 35.9 Å². The number of para-hydroxylation sites is 1. The number of esters is 1. The first-order valence-electron chi connectivity index (χ1n) is 8.43. The van der Waals surface area contributed by atoms with E-state index in [4.69, 9.17) is 4.74 Å². The molecule has 0 saturated heterocycles. The van der Waals surface area contributed by atoms with Gasteiger partial charge in [0.05, 0.1) is 23.4 Å². The second-order valence-electron chi connectivity index (χ2n) is 6.15. The monoisotopic (exact) mass is 371 g/mol. The van der Waals surface area contributed by atoms with Crippen molar-refractivity contribution in [3.8, 4) is 0 Å². The number of nitrogens with zero attached hydrogens (tertiary/aromatic N) is 1. The average Bonchev–Trinajstić information content (AvgIpc) is 2.89. The number of carbonyl (C=O) groups excluding carboxylic acids is 1. The zero-order valence-corrected chi connectivity index (χ0v) is 15.8. The Hall–Kier alpha value is -2.60. The lowest BCUT2D eigenvalue weighted by Gasteiger charge is -2.12. The van der Waals surface area contributed by atoms with Gasteiger partial charge >= 0.3 is 5.97 Å². The number of carbonyl (C=O) groups is 1. The molecule has 0 unspecified atom stereocenters. The number of aryl methyl sites for hydroxylation is 2. The molecular formula is C20H21NO4S. The number of aromatic nitrogens is 1. The highest BCUT2D eigenvalue weighted by molar-refractivity contribution is 7.90. The van der Waals surface area contributed by atoms with Gasteiger partial charge < -0.3 is 4.74 Å². The summed E-state index contributed by atoms with van der Waals surface area (Å²) >= 11 is 0. The Morgan fingerprint density at radius 2 is 1.69 bits per heavy atom. The Balaban J connectivity index is 2.26. The lowest BCUT2D eigenvalue weighted by atomic mass is 10.1. The van der Waals surface area contributed by atoms with Crippen LogP contribution in [0.5, 0.6) is 0 Å². The van der Waals surface area contributed by atoms with Gasteiger partial charge in [-0.05, 0) is 44.5 Å². The van der Waals surface area contributed by atoms with Crippen LogP contribution in [0.4, 0.5) is 0 Å². The minimum Gasteiger partial charge on any atom is -0.466 e. The van der Waals surface area contributed by atoms with Crippen LogP contribution in [-0.4, -0.2) is 25.0 Å². The fourth-order valence-electron chi connectivity index (χ4n) is 3.06. The summed E-state index contributed by atoms with van der Waals surface area (Å²) in [6, 6.07) is 13.9. The van der Waals surface area contributed by atoms with Gasteiger partial charge in [-0.25, -0.2) is 12.4 Å². The minimum absolute atomic E-state index is 0.0978. The van der Waals surface area contributed by atoms with Crippen molar-refractivity contribution < 1.29 is 17.9 Å². The van der Waals surface area contributed by atoms with Crippen molar-refractivity contribution in [1.82, 2.24) is 3.97 Å². The lowest BCUT2D eigenvalue weighted by Crippen LogP contribution is -2.19. The molecule has 0 fully saturated rings. The van der Waals surface area contributed by atoms with Gasteiger partial charge in [-0.2, -0.15) is 0 Å². The number of ether oxygens (including phenoxy) is 1. The molecule has 136 valence electrons. The van der Waals surface area contributed by atoms with Crippen molar-refractivity contribution in [3.63, 3.8) is 0 Å². The summed E-state index contributed by atoms with van der Waals surface area (Å²) in [7, 11) is -3.84. The van der Waals surface area contributed by atoms with Crippen LogP contribution in [-0.2, 0) is 26.0 Å². The van der Waals surface area contributed by atoms with Crippen LogP contribution in [0.3, 0.4) is 0 Å². The minimum atomic E-state index is -3.84. The standard InChI is InChI=1S/C20H21NO4S/c1-4-25-20(22)13-19-15(3)17-7-5-6-8-18(17)21(19)26(23,24)16-11-9-14(2)10-12-16/h5-12H,4,13H2,1-3H3. The molecule has 0 spiro atoms. The van der Waals surface area contributed by atoms with Gasteiger partial charge in [0.25, 0.3) is 10.0 Å². The zero-order chi connectivity index (χ0) is 18.9. The highest BCUT2D eigenvalue weighted by atomic mass is 32.2. The Labute approximate surface area is 153 Å². The molecule has 0 N–H and O–H groups in total. The third-order valence-electron chi connectivity index (χ3n) is 4.38. The van der Waals surface area contributed by atoms with Gasteiger partial charge in [0, 0.05) is 11.1 Å². The first-order chi connectivity index (χ1) is 12.4. The largest absolute Gasteiger partial charge is 0.466 e. The molecule has 0 radical (unpaired) electrons. The van der Waals surface area contributed by atoms with E-state index in [9.17, 15) is 13.2 Å². The molecule has 0 atom stereocenters. The van der Waals surface area contributed by atoms with E-state index in [-0.39, 0.29) is 17.9 Å². The molecule has 5 nitrogen and oxygen atoms in total. The summed E-state index contributed by atoms with van der Waals surface area (Å²) < 4.78 is 33.0. The Morgan fingerprint density at radius 3 is 2.35 bits per heavy atom. The number of hydrogen-bond donors (Lipinski definition) is 0. The fourth-order valence-corrected chi connectivity index (χ4v) is 4.66. The number of hydrogen-bond acceptors (Lipinski definition) is 4. The summed E-state index contributed by atoms with van der Waals surface area (Å²) in [4.78, 5) is 12.3. The number of rotatable bonds is 5. The van der Waals surface area contributed by atoms with Crippen LogP contribution >= 0.6 is 0 Å². The van der Waals surface area contributed by atoms with E-state index in [1.165, 1.54) is 3.97 Å². The van der Waals surface area contributed by atoms with E-state index in [0.29, 0.717) is 11.2 Å². The smallest absolute Gasteiger partial charge is 0.311 e. The van der Waals surface area contributed by atoms with E-state index in [2.05, 4.69) is 0 Å². The molecule has 1 aromatic heterocycles. The van der Waals surface area contributed by atoms with Crippen LogP contribution in [0, 0.1) is 13.8 Å². The molecule has 0 saturated carbocycles. The van der Waals surface area contributed by atoms with Gasteiger partial charge in [0.1, 0.15) is 0 Å². The molecule has 0 amide bonds. The molecule has 1 heterocycles. The fraction of sp³-hybridized carbons (Fsp3) is 0.250. The maximum atomic E-state index is 13.3. The second-order valence-corrected chi connectivity index (χ2v) is 7.94. The summed E-state index contributed by atoms with van der Waals surface area (Å²) in [6.07, 6.45) is -0.0978. The Bertz CT molecular complexity index is 1060. The Morgan fingerprint density at radius 1 is 1.04 bits per heavy atom. The first-order valence-corrected chi connectivity index (χ1v) is 9.87. The van der Waals surface area contributed by atoms with Crippen molar-refractivity contribution in [2.75, 3.05) is 6.61 Å². The molecule has 6 heteroatoms. The van der Waals surface area contributed by atoms with Gasteiger partial charge in [0.2, 0.25) is 0 Å². The second kappa shape index (κ2) is 6.96. The molecule has 2 aromatic carbocycles. The topological polar surface area (TPSA) is 65.4 Å². The van der Waals surface area contributed by atoms with Gasteiger partial charge in [-0.15, -0.1) is 0 Å². The predicted octanol–water partition coefficient (Wildman–Crippen LogP) is 3.60. The summed E-state index contributed by atoms with van der Waals surface area (Å²) in [6.45, 7) is 5.71. The number of fused-ring (bicyclic) bond motifs is 1. The van der Waals surface area contributed by atoms with E-state index in [1.807, 2.05) is 26.0 Å². The normalized spacial score (nSPS) is 11.7. The third-order valence-corrected chi connectivity index (χ3v) is 6.15. The third kappa shape index (κ3) is 3.12. The van der Waals surface area contributed by atoms with Crippen LogP contribution < -0.4 is 0 Å². The van der Waals surface area contributed by atoms with Crippen molar-refractivity contribution in [3.05, 3.63) is 65.4 Å². The van der Waals surface area contributed by atoms with E-state index in [1.54, 1.807) is 43.3 Å². The van der Waals surface area contributed by atoms with E-state index < -0.39 is 16.0 Å². The highest BCUT2D eigenvalue weighted by Crippen LogP contribution is 2.30. The maximum absolute atomic E-state index is 13.3. The first kappa shape index (κ1) is 18.2. The van der Waals surface area contributed by atoms with Gasteiger partial charge in [0.15, 0.2) is 0 Å². The molecule has 0 bridgehead atoms. The van der Waals surface area contributed by atoms with Crippen LogP contribution in [0.25, 0.3) is 10.9 Å². The predicted molar refractivity (Wildman–Crippen MR) is 101 cm³/mol. The maximum Gasteiger partial charge on any atom is 0.311 e. The molecular weight excluding hydrogens is 350 g/mol. The Kier molecular flexibility index (Phi) is 4.87. The van der Waals surface area contributed by atoms with E-state index in [0.717, 1.165) is 16.5 Å². The SMILES string of the molecule is CCOC(=O)Cc1c(C)c2ccccc2n1S(=O)(=O)c1ccc(C)cc1. The van der Waals surface area contributed by atoms with Crippen molar-refractivity contribution in [1.29, 1.82) is 0 Å². The summed E-state index contributed by atoms with van der Waals surface area (Å²) in [5, 5.41) is 0.808. The molecule has 26 heavy (non-hydrogen) atoms. The van der Waals surface area contributed by atoms with Crippen molar-refractivity contribution in [2.45, 2.75) is 32.1 Å². The van der Waals surface area contributed by atoms with Crippen LogP contribution in [0.1, 0.15) is 23.7 Å². The highest BCUT2D eigenvalue weighted by Gasteiger charge is 2.26. The van der Waals surface area contributed by atoms with E-state index >= 15 is 0 Å². The lowest BCUT2D eigenvalue weighted by molar-refractivity contribution is -0.142. The summed E-state index contributed by atoms with van der Waals surface area (Å²) in [5.74, 6) is -0.446. The van der Waals surface area contributed by atoms with Crippen molar-refractivity contribution in [2.24, 2.45) is 0 Å². The molecule has 3 aromatic rings. The van der Waals surface area contributed by atoms with Crippen LogP contribution in [0.2, 0.25) is 0 Å². The van der Waals surface area contributed by atoms with Crippen molar-refractivity contribution >= 4 is 26.9 Å². The summed E-state index contributed by atoms with van der Waals surface area (Å²) in [5.41, 5.74) is 2.74. The molecule has 0 aliphatic heterocycles. The molecule has 3 rings (SSSR count). The molecule has 0 aliphatic carbocycles. The zero-order valence-electron chi connectivity index (χ0n) is 15.0. The molecule has 0 aliphatic rings.